The Morgan fingerprint density at radius 1 is 1.40 bits per heavy atom. The minimum atomic E-state index is -0.160. The van der Waals surface area contributed by atoms with E-state index in [1.807, 2.05) is 13.8 Å². The van der Waals surface area contributed by atoms with Crippen molar-refractivity contribution < 1.29 is 9.47 Å². The number of hydrogen-bond donors (Lipinski definition) is 0. The molecule has 1 aromatic rings. The molecule has 0 bridgehead atoms. The highest BCUT2D eigenvalue weighted by Gasteiger charge is 2.15. The maximum atomic E-state index is 5.70. The minimum Gasteiger partial charge on any atom is -0.478 e. The highest BCUT2D eigenvalue weighted by atomic mass is 35.5. The molecule has 1 aromatic heterocycles. The maximum Gasteiger partial charge on any atom is 0.213 e. The van der Waals surface area contributed by atoms with Crippen LogP contribution in [-0.4, -0.2) is 24.3 Å². The largest absolute Gasteiger partial charge is 0.478 e. The fourth-order valence-corrected chi connectivity index (χ4v) is 1.06. The molecule has 0 saturated heterocycles. The van der Waals surface area contributed by atoms with Crippen LogP contribution in [-0.2, 0) is 4.74 Å². The molecule has 0 unspecified atom stereocenters. The van der Waals surface area contributed by atoms with Crippen LogP contribution in [0.2, 0.25) is 5.02 Å². The number of pyridine rings is 1. The van der Waals surface area contributed by atoms with Gasteiger partial charge >= 0.3 is 0 Å². The van der Waals surface area contributed by atoms with Crippen LogP contribution in [0.15, 0.2) is 18.3 Å². The molecule has 0 fully saturated rings. The SMILES string of the molecule is COC(C)(C)CCOc1ccc(Cl)cn1. The Balaban J connectivity index is 2.35. The summed E-state index contributed by atoms with van der Waals surface area (Å²) in [5.41, 5.74) is -0.160. The van der Waals surface area contributed by atoms with Crippen molar-refractivity contribution in [3.8, 4) is 5.88 Å². The summed E-state index contributed by atoms with van der Waals surface area (Å²) in [5.74, 6) is 0.589. The molecule has 0 saturated carbocycles. The van der Waals surface area contributed by atoms with Crippen LogP contribution in [0.4, 0.5) is 0 Å². The lowest BCUT2D eigenvalue weighted by Crippen LogP contribution is -2.25. The molecule has 84 valence electrons. The van der Waals surface area contributed by atoms with Gasteiger partial charge in [0.25, 0.3) is 0 Å². The third-order valence-electron chi connectivity index (χ3n) is 2.21. The van der Waals surface area contributed by atoms with Crippen LogP contribution < -0.4 is 4.74 Å². The average molecular weight is 230 g/mol. The van der Waals surface area contributed by atoms with Gasteiger partial charge in [-0.2, -0.15) is 0 Å². The quantitative estimate of drug-likeness (QED) is 0.778. The summed E-state index contributed by atoms with van der Waals surface area (Å²) in [7, 11) is 1.69. The summed E-state index contributed by atoms with van der Waals surface area (Å²) in [6, 6.07) is 3.51. The molecule has 15 heavy (non-hydrogen) atoms. The monoisotopic (exact) mass is 229 g/mol. The van der Waals surface area contributed by atoms with Crippen LogP contribution in [0.3, 0.4) is 0 Å². The van der Waals surface area contributed by atoms with Crippen molar-refractivity contribution in [2.75, 3.05) is 13.7 Å². The third-order valence-corrected chi connectivity index (χ3v) is 2.43. The fourth-order valence-electron chi connectivity index (χ4n) is 0.951. The number of rotatable bonds is 5. The molecule has 0 aliphatic rings. The first kappa shape index (κ1) is 12.3. The van der Waals surface area contributed by atoms with Crippen molar-refractivity contribution in [2.24, 2.45) is 0 Å². The van der Waals surface area contributed by atoms with Gasteiger partial charge in [0.1, 0.15) is 0 Å². The van der Waals surface area contributed by atoms with Crippen molar-refractivity contribution in [1.29, 1.82) is 0 Å². The first-order chi connectivity index (χ1) is 7.03. The van der Waals surface area contributed by atoms with E-state index in [9.17, 15) is 0 Å². The van der Waals surface area contributed by atoms with Crippen molar-refractivity contribution in [2.45, 2.75) is 25.9 Å². The zero-order chi connectivity index (χ0) is 11.3. The smallest absolute Gasteiger partial charge is 0.213 e. The van der Waals surface area contributed by atoms with Crippen LogP contribution in [0.25, 0.3) is 0 Å². The summed E-state index contributed by atoms with van der Waals surface area (Å²) < 4.78 is 10.7. The van der Waals surface area contributed by atoms with Gasteiger partial charge in [-0.1, -0.05) is 11.6 Å². The van der Waals surface area contributed by atoms with Gasteiger partial charge in [0.2, 0.25) is 5.88 Å². The lowest BCUT2D eigenvalue weighted by molar-refractivity contribution is 0.00509. The van der Waals surface area contributed by atoms with E-state index < -0.39 is 0 Å². The normalized spacial score (nSPS) is 11.5. The standard InChI is InChI=1S/C11H16ClNO2/c1-11(2,14-3)6-7-15-10-5-4-9(12)8-13-10/h4-5,8H,6-7H2,1-3H3. The second-order valence-corrected chi connectivity index (χ2v) is 4.31. The first-order valence-electron chi connectivity index (χ1n) is 4.83. The molecule has 1 rings (SSSR count). The molecule has 3 nitrogen and oxygen atoms in total. The van der Waals surface area contributed by atoms with Crippen molar-refractivity contribution >= 4 is 11.6 Å². The molecule has 1 heterocycles. The summed E-state index contributed by atoms with van der Waals surface area (Å²) in [5, 5.41) is 0.611. The number of aromatic nitrogens is 1. The number of halogens is 1. The summed E-state index contributed by atoms with van der Waals surface area (Å²) in [4.78, 5) is 4.03. The predicted molar refractivity (Wildman–Crippen MR) is 60.4 cm³/mol. The van der Waals surface area contributed by atoms with E-state index in [0.717, 1.165) is 6.42 Å². The molecule has 4 heteroatoms. The molecule has 0 atom stereocenters. The molecule has 0 radical (unpaired) electrons. The van der Waals surface area contributed by atoms with E-state index in [1.54, 1.807) is 25.4 Å². The highest BCUT2D eigenvalue weighted by Crippen LogP contribution is 2.15. The molecular formula is C11H16ClNO2. The number of ether oxygens (including phenoxy) is 2. The van der Waals surface area contributed by atoms with Crippen LogP contribution in [0.1, 0.15) is 20.3 Å². The summed E-state index contributed by atoms with van der Waals surface area (Å²) >= 11 is 5.70. The van der Waals surface area contributed by atoms with Crippen molar-refractivity contribution in [1.82, 2.24) is 4.98 Å². The molecule has 0 N–H and O–H groups in total. The minimum absolute atomic E-state index is 0.160. The lowest BCUT2D eigenvalue weighted by Gasteiger charge is -2.22. The molecule has 0 aliphatic carbocycles. The fraction of sp³-hybridized carbons (Fsp3) is 0.545. The van der Waals surface area contributed by atoms with Gasteiger partial charge in [-0.05, 0) is 19.9 Å². The predicted octanol–water partition coefficient (Wildman–Crippen LogP) is 2.93. The zero-order valence-electron chi connectivity index (χ0n) is 9.29. The van der Waals surface area contributed by atoms with Crippen LogP contribution in [0.5, 0.6) is 5.88 Å². The average Bonchev–Trinajstić information content (AvgIpc) is 2.21. The Morgan fingerprint density at radius 2 is 2.13 bits per heavy atom. The van der Waals surface area contributed by atoms with Crippen LogP contribution in [0, 0.1) is 0 Å². The summed E-state index contributed by atoms with van der Waals surface area (Å²) in [6.07, 6.45) is 2.38. The second-order valence-electron chi connectivity index (χ2n) is 3.88. The van der Waals surface area contributed by atoms with Crippen molar-refractivity contribution in [3.63, 3.8) is 0 Å². The molecular weight excluding hydrogens is 214 g/mol. The van der Waals surface area contributed by atoms with E-state index >= 15 is 0 Å². The number of nitrogens with zero attached hydrogens (tertiary/aromatic N) is 1. The van der Waals surface area contributed by atoms with Gasteiger partial charge in [-0.3, -0.25) is 0 Å². The Bertz CT molecular complexity index is 298. The number of hydrogen-bond acceptors (Lipinski definition) is 3. The zero-order valence-corrected chi connectivity index (χ0v) is 10.0. The van der Waals surface area contributed by atoms with E-state index in [-0.39, 0.29) is 5.60 Å². The Morgan fingerprint density at radius 3 is 2.67 bits per heavy atom. The second kappa shape index (κ2) is 5.33. The summed E-state index contributed by atoms with van der Waals surface area (Å²) in [6.45, 7) is 4.62. The van der Waals surface area contributed by atoms with Gasteiger partial charge in [-0.15, -0.1) is 0 Å². The Kier molecular flexibility index (Phi) is 4.36. The van der Waals surface area contributed by atoms with Gasteiger partial charge in [0.15, 0.2) is 0 Å². The molecule has 0 amide bonds. The van der Waals surface area contributed by atoms with Crippen molar-refractivity contribution in [3.05, 3.63) is 23.4 Å². The van der Waals surface area contributed by atoms with E-state index in [2.05, 4.69) is 4.98 Å². The lowest BCUT2D eigenvalue weighted by atomic mass is 10.1. The van der Waals surface area contributed by atoms with Crippen LogP contribution >= 0.6 is 11.6 Å². The van der Waals surface area contributed by atoms with Gasteiger partial charge in [-0.25, -0.2) is 4.98 Å². The Hall–Kier alpha value is -0.800. The van der Waals surface area contributed by atoms with E-state index in [1.165, 1.54) is 0 Å². The maximum absolute atomic E-state index is 5.70. The molecule has 0 aliphatic heterocycles. The van der Waals surface area contributed by atoms with Gasteiger partial charge in [0.05, 0.1) is 17.2 Å². The van der Waals surface area contributed by atoms with Gasteiger partial charge < -0.3 is 9.47 Å². The number of methoxy groups -OCH3 is 1. The van der Waals surface area contributed by atoms with E-state index in [0.29, 0.717) is 17.5 Å². The topological polar surface area (TPSA) is 31.4 Å². The Labute approximate surface area is 95.4 Å². The van der Waals surface area contributed by atoms with Gasteiger partial charge in [0, 0.05) is 25.8 Å². The third kappa shape index (κ3) is 4.49. The van der Waals surface area contributed by atoms with E-state index in [4.69, 9.17) is 21.1 Å². The first-order valence-corrected chi connectivity index (χ1v) is 5.21. The molecule has 0 aromatic carbocycles. The molecule has 0 spiro atoms. The highest BCUT2D eigenvalue weighted by molar-refractivity contribution is 6.30.